The molecule has 0 saturated carbocycles. The highest BCUT2D eigenvalue weighted by molar-refractivity contribution is 5.82. The van der Waals surface area contributed by atoms with Gasteiger partial charge in [-0.25, -0.2) is 0 Å². The molecule has 0 fully saturated rings. The zero-order valence-corrected chi connectivity index (χ0v) is 6.17. The van der Waals surface area contributed by atoms with Crippen molar-refractivity contribution in [2.24, 2.45) is 0 Å². The molecule has 1 heterocycles. The predicted molar refractivity (Wildman–Crippen MR) is 44.2 cm³/mol. The Morgan fingerprint density at radius 1 is 1.25 bits per heavy atom. The maximum atomic E-state index is 11.7. The van der Waals surface area contributed by atoms with Crippen LogP contribution < -0.4 is 0 Å². The maximum absolute atomic E-state index is 11.7. The third-order valence-corrected chi connectivity index (χ3v) is 1.66. The molecule has 0 saturated heterocycles. The molecule has 12 heavy (non-hydrogen) atoms. The van der Waals surface area contributed by atoms with E-state index in [2.05, 4.69) is 5.92 Å². The molecule has 0 amide bonds. The largest absolute Gasteiger partial charge is 0.463 e. The Labute approximate surface area is 68.8 Å². The van der Waals surface area contributed by atoms with E-state index in [-0.39, 0.29) is 0 Å². The lowest BCUT2D eigenvalue weighted by molar-refractivity contribution is 0.615. The number of hydrogen-bond donors (Lipinski definition) is 0. The lowest BCUT2D eigenvalue weighted by Crippen LogP contribution is -1.73. The quantitative estimate of drug-likeness (QED) is 0.540. The molecule has 1 aromatic heterocycles. The van der Waals surface area contributed by atoms with Gasteiger partial charge in [0.1, 0.15) is 11.8 Å². The van der Waals surface area contributed by atoms with Gasteiger partial charge in [0, 0.05) is 5.39 Å². The number of rotatable bonds is 0. The zero-order valence-electron chi connectivity index (χ0n) is 6.17. The summed E-state index contributed by atoms with van der Waals surface area (Å²) in [5.74, 6) is 2.33. The Hall–Kier alpha value is -1.75. The topological polar surface area (TPSA) is 13.1 Å². The Bertz CT molecular complexity index is 459. The Morgan fingerprint density at radius 2 is 2.17 bits per heavy atom. The van der Waals surface area contributed by atoms with Crippen LogP contribution in [0.4, 0.5) is 4.39 Å². The maximum Gasteiger partial charge on any atom is 0.149 e. The summed E-state index contributed by atoms with van der Waals surface area (Å²) in [6.45, 7) is 0. The van der Waals surface area contributed by atoms with Crippen LogP contribution >= 0.6 is 0 Å². The van der Waals surface area contributed by atoms with Gasteiger partial charge in [0.25, 0.3) is 0 Å². The first kappa shape index (κ1) is 6.93. The van der Waals surface area contributed by atoms with Gasteiger partial charge < -0.3 is 4.42 Å². The van der Waals surface area contributed by atoms with Crippen molar-refractivity contribution < 1.29 is 8.81 Å². The summed E-state index contributed by atoms with van der Waals surface area (Å²) in [5, 5.41) is 0.940. The van der Waals surface area contributed by atoms with E-state index in [4.69, 9.17) is 4.42 Å². The summed E-state index contributed by atoms with van der Waals surface area (Å²) in [4.78, 5) is 0. The van der Waals surface area contributed by atoms with Gasteiger partial charge >= 0.3 is 0 Å². The van der Waals surface area contributed by atoms with Crippen LogP contribution in [0.5, 0.6) is 0 Å². The molecule has 1 nitrogen and oxygen atoms in total. The van der Waals surface area contributed by atoms with Crippen LogP contribution in [0.15, 0.2) is 34.9 Å². The van der Waals surface area contributed by atoms with Crippen molar-refractivity contribution in [1.82, 2.24) is 0 Å². The van der Waals surface area contributed by atoms with Crippen LogP contribution in [-0.4, -0.2) is 0 Å². The van der Waals surface area contributed by atoms with Crippen LogP contribution in [0, 0.1) is 12.1 Å². The molecular weight excluding hydrogens is 155 g/mol. The van der Waals surface area contributed by atoms with Gasteiger partial charge in [-0.3, -0.25) is 0 Å². The fourth-order valence-corrected chi connectivity index (χ4v) is 1.14. The van der Waals surface area contributed by atoms with Crippen molar-refractivity contribution in [3.8, 4) is 12.1 Å². The normalized spacial score (nSPS) is 9.42. The minimum atomic E-state index is 0.583. The number of fused-ring (bicyclic) bond motifs is 1. The fourth-order valence-electron chi connectivity index (χ4n) is 1.14. The average molecular weight is 160 g/mol. The molecule has 58 valence electrons. The first-order chi connectivity index (χ1) is 5.92. The molecule has 0 atom stereocenters. The molecule has 0 aliphatic heterocycles. The summed E-state index contributed by atoms with van der Waals surface area (Å²) >= 11 is 0. The Kier molecular flexibility index (Phi) is 1.56. The van der Waals surface area contributed by atoms with Gasteiger partial charge in [0.15, 0.2) is 0 Å². The minimum absolute atomic E-state index is 0.583. The third-order valence-electron chi connectivity index (χ3n) is 1.66. The number of hydrogen-bond acceptors (Lipinski definition) is 1. The summed E-state index contributed by atoms with van der Waals surface area (Å²) in [7, 11) is 0. The van der Waals surface area contributed by atoms with Crippen LogP contribution in [0.1, 0.15) is 5.56 Å². The van der Waals surface area contributed by atoms with Crippen LogP contribution in [0.2, 0.25) is 0 Å². The van der Waals surface area contributed by atoms with Crippen LogP contribution in [0.3, 0.4) is 0 Å². The first-order valence-electron chi connectivity index (χ1n) is 3.49. The second kappa shape index (κ2) is 2.71. The molecular formula is C10H5FO. The van der Waals surface area contributed by atoms with E-state index in [0.29, 0.717) is 11.1 Å². The van der Waals surface area contributed by atoms with Crippen molar-refractivity contribution >= 4 is 11.0 Å². The number of benzene rings is 1. The zero-order chi connectivity index (χ0) is 8.39. The van der Waals surface area contributed by atoms with Gasteiger partial charge in [0.05, 0.1) is 11.8 Å². The van der Waals surface area contributed by atoms with E-state index in [1.807, 2.05) is 18.2 Å². The van der Waals surface area contributed by atoms with Gasteiger partial charge in [-0.1, -0.05) is 12.1 Å². The molecule has 2 aromatic rings. The first-order valence-corrected chi connectivity index (χ1v) is 3.49. The monoisotopic (exact) mass is 160 g/mol. The SMILES string of the molecule is FC#Cc1cccc2ccoc12. The van der Waals surface area contributed by atoms with Crippen molar-refractivity contribution in [2.75, 3.05) is 0 Å². The Morgan fingerprint density at radius 3 is 3.00 bits per heavy atom. The highest BCUT2D eigenvalue weighted by Crippen LogP contribution is 2.18. The van der Waals surface area contributed by atoms with Crippen LogP contribution in [0.25, 0.3) is 11.0 Å². The molecule has 0 aliphatic carbocycles. The molecule has 0 spiro atoms. The Balaban J connectivity index is 2.79. The summed E-state index contributed by atoms with van der Waals surface area (Å²) < 4.78 is 16.8. The predicted octanol–water partition coefficient (Wildman–Crippen LogP) is 2.71. The second-order valence-corrected chi connectivity index (χ2v) is 2.36. The fraction of sp³-hybridized carbons (Fsp3) is 0. The van der Waals surface area contributed by atoms with Gasteiger partial charge in [-0.15, -0.1) is 4.39 Å². The molecule has 0 unspecified atom stereocenters. The van der Waals surface area contributed by atoms with Gasteiger partial charge in [-0.05, 0) is 18.1 Å². The van der Waals surface area contributed by atoms with E-state index in [0.717, 1.165) is 5.39 Å². The number of furan rings is 1. The molecule has 0 bridgehead atoms. The van der Waals surface area contributed by atoms with Crippen molar-refractivity contribution in [2.45, 2.75) is 0 Å². The highest BCUT2D eigenvalue weighted by Gasteiger charge is 1.99. The van der Waals surface area contributed by atoms with Crippen molar-refractivity contribution in [1.29, 1.82) is 0 Å². The van der Waals surface area contributed by atoms with Crippen LogP contribution in [-0.2, 0) is 0 Å². The second-order valence-electron chi connectivity index (χ2n) is 2.36. The summed E-state index contributed by atoms with van der Waals surface area (Å²) in [5.41, 5.74) is 1.22. The minimum Gasteiger partial charge on any atom is -0.463 e. The molecule has 1 aromatic carbocycles. The molecule has 2 rings (SSSR count). The van der Waals surface area contributed by atoms with E-state index in [1.54, 1.807) is 12.3 Å². The van der Waals surface area contributed by atoms with Gasteiger partial charge in [0.2, 0.25) is 0 Å². The summed E-state index contributed by atoms with van der Waals surface area (Å²) in [6.07, 6.45) is 2.92. The number of halogens is 1. The lowest BCUT2D eigenvalue weighted by atomic mass is 10.2. The molecule has 2 heteroatoms. The van der Waals surface area contributed by atoms with Crippen molar-refractivity contribution in [3.63, 3.8) is 0 Å². The molecule has 0 radical (unpaired) electrons. The summed E-state index contributed by atoms with van der Waals surface area (Å²) in [6, 6.07) is 7.25. The average Bonchev–Trinajstić information content (AvgIpc) is 2.53. The van der Waals surface area contributed by atoms with Crippen molar-refractivity contribution in [3.05, 3.63) is 36.1 Å². The highest BCUT2D eigenvalue weighted by atomic mass is 19.1. The third kappa shape index (κ3) is 0.960. The smallest absolute Gasteiger partial charge is 0.149 e. The van der Waals surface area contributed by atoms with E-state index in [1.165, 1.54) is 6.17 Å². The lowest BCUT2D eigenvalue weighted by Gasteiger charge is -1.90. The molecule has 0 N–H and O–H groups in total. The standard InChI is InChI=1S/C10H5FO/c11-6-4-8-2-1-3-9-5-7-12-10(8)9/h1-3,5,7H. The van der Waals surface area contributed by atoms with E-state index < -0.39 is 0 Å². The van der Waals surface area contributed by atoms with E-state index in [9.17, 15) is 4.39 Å². The molecule has 0 aliphatic rings. The van der Waals surface area contributed by atoms with E-state index >= 15 is 0 Å². The number of para-hydroxylation sites is 1. The van der Waals surface area contributed by atoms with Gasteiger partial charge in [-0.2, -0.15) is 0 Å².